The Hall–Kier alpha value is -1.26. The van der Waals surface area contributed by atoms with Gasteiger partial charge in [-0.15, -0.1) is 0 Å². The molecule has 1 saturated heterocycles. The molecule has 0 bridgehead atoms. The van der Waals surface area contributed by atoms with Crippen LogP contribution in [0.1, 0.15) is 13.8 Å². The predicted octanol–water partition coefficient (Wildman–Crippen LogP) is 1.76. The lowest BCUT2D eigenvalue weighted by molar-refractivity contribution is -0.0699. The van der Waals surface area contributed by atoms with Gasteiger partial charge in [-0.2, -0.15) is 0 Å². The molecule has 1 aromatic rings. The Morgan fingerprint density at radius 2 is 2.06 bits per heavy atom. The first-order chi connectivity index (χ1) is 8.63. The minimum atomic E-state index is 0.307. The minimum absolute atomic E-state index is 0.307. The zero-order chi connectivity index (χ0) is 13.0. The van der Waals surface area contributed by atoms with Crippen LogP contribution >= 0.6 is 0 Å². The number of nitrogen functional groups attached to an aromatic ring is 1. The highest BCUT2D eigenvalue weighted by atomic mass is 16.5. The lowest BCUT2D eigenvalue weighted by atomic mass is 10.2. The van der Waals surface area contributed by atoms with Gasteiger partial charge in [0, 0.05) is 31.4 Å². The zero-order valence-electron chi connectivity index (χ0n) is 11.1. The molecular formula is C14H22N2O2. The first-order valence-electron chi connectivity index (χ1n) is 6.49. The van der Waals surface area contributed by atoms with Crippen molar-refractivity contribution < 1.29 is 9.47 Å². The molecule has 2 rings (SSSR count). The van der Waals surface area contributed by atoms with E-state index in [4.69, 9.17) is 15.2 Å². The summed E-state index contributed by atoms with van der Waals surface area (Å²) in [5.41, 5.74) is 6.44. The standard InChI is InChI=1S/C14H22N2O2/c1-11-9-16(10-12(2)18-11)6-7-17-14-5-3-4-13(15)8-14/h3-5,8,11-12H,6-7,9-10,15H2,1-2H3. The largest absolute Gasteiger partial charge is 0.492 e. The summed E-state index contributed by atoms with van der Waals surface area (Å²) in [5.74, 6) is 0.837. The summed E-state index contributed by atoms with van der Waals surface area (Å²) in [6.07, 6.45) is 0.613. The summed E-state index contributed by atoms with van der Waals surface area (Å²) in [7, 11) is 0. The van der Waals surface area contributed by atoms with Crippen molar-refractivity contribution in [3.63, 3.8) is 0 Å². The topological polar surface area (TPSA) is 47.7 Å². The van der Waals surface area contributed by atoms with Crippen molar-refractivity contribution in [2.45, 2.75) is 26.1 Å². The molecule has 1 aliphatic rings. The quantitative estimate of drug-likeness (QED) is 0.827. The Morgan fingerprint density at radius 3 is 2.72 bits per heavy atom. The molecule has 0 radical (unpaired) electrons. The molecule has 18 heavy (non-hydrogen) atoms. The van der Waals surface area contributed by atoms with Gasteiger partial charge in [0.15, 0.2) is 0 Å². The van der Waals surface area contributed by atoms with Gasteiger partial charge in [-0.25, -0.2) is 0 Å². The summed E-state index contributed by atoms with van der Waals surface area (Å²) >= 11 is 0. The third-order valence-electron chi connectivity index (χ3n) is 3.03. The molecule has 0 saturated carbocycles. The average molecular weight is 250 g/mol. The van der Waals surface area contributed by atoms with Crippen LogP contribution in [0.15, 0.2) is 24.3 Å². The van der Waals surface area contributed by atoms with Crippen LogP contribution < -0.4 is 10.5 Å². The normalized spacial score (nSPS) is 25.0. The number of anilines is 1. The minimum Gasteiger partial charge on any atom is -0.492 e. The molecule has 1 heterocycles. The van der Waals surface area contributed by atoms with Gasteiger partial charge in [0.05, 0.1) is 12.2 Å². The van der Waals surface area contributed by atoms with Gasteiger partial charge < -0.3 is 15.2 Å². The molecule has 1 aliphatic heterocycles. The summed E-state index contributed by atoms with van der Waals surface area (Å²) in [6, 6.07) is 7.55. The van der Waals surface area contributed by atoms with Gasteiger partial charge in [0.1, 0.15) is 12.4 Å². The van der Waals surface area contributed by atoms with Gasteiger partial charge >= 0.3 is 0 Å². The van der Waals surface area contributed by atoms with E-state index in [2.05, 4.69) is 18.7 Å². The highest BCUT2D eigenvalue weighted by molar-refractivity contribution is 5.43. The third kappa shape index (κ3) is 3.89. The fourth-order valence-electron chi connectivity index (χ4n) is 2.36. The molecule has 0 aromatic heterocycles. The monoisotopic (exact) mass is 250 g/mol. The molecule has 4 heteroatoms. The second kappa shape index (κ2) is 6.07. The van der Waals surface area contributed by atoms with Crippen molar-refractivity contribution in [3.05, 3.63) is 24.3 Å². The van der Waals surface area contributed by atoms with E-state index in [0.29, 0.717) is 18.8 Å². The molecule has 4 nitrogen and oxygen atoms in total. The number of hydrogen-bond donors (Lipinski definition) is 1. The van der Waals surface area contributed by atoms with Crippen LogP contribution in [-0.2, 0) is 4.74 Å². The van der Waals surface area contributed by atoms with Crippen LogP contribution in [0.4, 0.5) is 5.69 Å². The lowest BCUT2D eigenvalue weighted by Gasteiger charge is -2.35. The molecule has 2 atom stereocenters. The molecule has 2 unspecified atom stereocenters. The number of rotatable bonds is 4. The van der Waals surface area contributed by atoms with E-state index in [1.165, 1.54) is 0 Å². The van der Waals surface area contributed by atoms with E-state index < -0.39 is 0 Å². The summed E-state index contributed by atoms with van der Waals surface area (Å²) in [6.45, 7) is 7.79. The first-order valence-corrected chi connectivity index (χ1v) is 6.49. The van der Waals surface area contributed by atoms with Gasteiger partial charge in [0.25, 0.3) is 0 Å². The van der Waals surface area contributed by atoms with Crippen LogP contribution in [0.5, 0.6) is 5.75 Å². The molecule has 100 valence electrons. The Balaban J connectivity index is 1.75. The fraction of sp³-hybridized carbons (Fsp3) is 0.571. The number of hydrogen-bond acceptors (Lipinski definition) is 4. The van der Waals surface area contributed by atoms with Crippen molar-refractivity contribution in [2.24, 2.45) is 0 Å². The average Bonchev–Trinajstić information content (AvgIpc) is 2.27. The Bertz CT molecular complexity index is 374. The van der Waals surface area contributed by atoms with Crippen molar-refractivity contribution >= 4 is 5.69 Å². The fourth-order valence-corrected chi connectivity index (χ4v) is 2.36. The van der Waals surface area contributed by atoms with Crippen molar-refractivity contribution in [1.29, 1.82) is 0 Å². The van der Waals surface area contributed by atoms with Crippen LogP contribution in [0, 0.1) is 0 Å². The zero-order valence-corrected chi connectivity index (χ0v) is 11.1. The van der Waals surface area contributed by atoms with E-state index in [0.717, 1.165) is 31.1 Å². The highest BCUT2D eigenvalue weighted by Crippen LogP contribution is 2.15. The maximum atomic E-state index is 5.70. The summed E-state index contributed by atoms with van der Waals surface area (Å²) in [4.78, 5) is 2.38. The van der Waals surface area contributed by atoms with E-state index >= 15 is 0 Å². The van der Waals surface area contributed by atoms with E-state index in [9.17, 15) is 0 Å². The maximum Gasteiger partial charge on any atom is 0.121 e. The van der Waals surface area contributed by atoms with E-state index in [1.807, 2.05) is 24.3 Å². The van der Waals surface area contributed by atoms with Gasteiger partial charge in [-0.05, 0) is 26.0 Å². The first kappa shape index (κ1) is 13.2. The highest BCUT2D eigenvalue weighted by Gasteiger charge is 2.21. The molecule has 0 amide bonds. The summed E-state index contributed by atoms with van der Waals surface area (Å²) < 4.78 is 11.4. The third-order valence-corrected chi connectivity index (χ3v) is 3.03. The number of ether oxygens (including phenoxy) is 2. The lowest BCUT2D eigenvalue weighted by Crippen LogP contribution is -2.46. The predicted molar refractivity (Wildman–Crippen MR) is 72.8 cm³/mol. The smallest absolute Gasteiger partial charge is 0.121 e. The SMILES string of the molecule is CC1CN(CCOc2cccc(N)c2)CC(C)O1. The molecule has 0 aliphatic carbocycles. The Morgan fingerprint density at radius 1 is 1.33 bits per heavy atom. The van der Waals surface area contributed by atoms with Crippen LogP contribution in [0.3, 0.4) is 0 Å². The molecule has 1 fully saturated rings. The molecule has 1 aromatic carbocycles. The van der Waals surface area contributed by atoms with E-state index in [1.54, 1.807) is 0 Å². The van der Waals surface area contributed by atoms with Gasteiger partial charge in [-0.1, -0.05) is 6.07 Å². The molecule has 0 spiro atoms. The summed E-state index contributed by atoms with van der Waals surface area (Å²) in [5, 5.41) is 0. The Kier molecular flexibility index (Phi) is 4.44. The number of morpholine rings is 1. The van der Waals surface area contributed by atoms with Crippen molar-refractivity contribution in [2.75, 3.05) is 32.0 Å². The van der Waals surface area contributed by atoms with Crippen LogP contribution in [0.2, 0.25) is 0 Å². The molecule has 2 N–H and O–H groups in total. The second-order valence-electron chi connectivity index (χ2n) is 4.94. The van der Waals surface area contributed by atoms with Gasteiger partial charge in [-0.3, -0.25) is 4.90 Å². The number of nitrogens with zero attached hydrogens (tertiary/aromatic N) is 1. The second-order valence-corrected chi connectivity index (χ2v) is 4.94. The van der Waals surface area contributed by atoms with Crippen molar-refractivity contribution in [1.82, 2.24) is 4.90 Å². The maximum absolute atomic E-state index is 5.70. The van der Waals surface area contributed by atoms with E-state index in [-0.39, 0.29) is 0 Å². The number of benzene rings is 1. The molecular weight excluding hydrogens is 228 g/mol. The van der Waals surface area contributed by atoms with Crippen LogP contribution in [-0.4, -0.2) is 43.3 Å². The number of nitrogens with two attached hydrogens (primary N) is 1. The van der Waals surface area contributed by atoms with Crippen molar-refractivity contribution in [3.8, 4) is 5.75 Å². The van der Waals surface area contributed by atoms with Crippen LogP contribution in [0.25, 0.3) is 0 Å². The Labute approximate surface area is 109 Å². The van der Waals surface area contributed by atoms with Gasteiger partial charge in [0.2, 0.25) is 0 Å².